The molecule has 1 aromatic rings. The maximum atomic E-state index is 12.8. The summed E-state index contributed by atoms with van der Waals surface area (Å²) < 4.78 is 37.5. The predicted molar refractivity (Wildman–Crippen MR) is 52.5 cm³/mol. The van der Waals surface area contributed by atoms with Gasteiger partial charge in [-0.1, -0.05) is 0 Å². The Kier molecular flexibility index (Phi) is 3.45. The van der Waals surface area contributed by atoms with Crippen molar-refractivity contribution < 1.29 is 22.9 Å². The monoisotopic (exact) mass is 233 g/mol. The molecule has 15 heavy (non-hydrogen) atoms. The molecule has 0 radical (unpaired) electrons. The minimum Gasteiger partial charge on any atom is -0.423 e. The Labute approximate surface area is 86.8 Å². The van der Waals surface area contributed by atoms with Gasteiger partial charge in [0.2, 0.25) is 10.0 Å². The molecule has 0 aromatic heterocycles. The van der Waals surface area contributed by atoms with Crippen LogP contribution in [0.1, 0.15) is 0 Å². The van der Waals surface area contributed by atoms with E-state index in [4.69, 9.17) is 10.0 Å². The second-order valence-electron chi connectivity index (χ2n) is 2.76. The number of nitrogens with one attached hydrogen (secondary N) is 1. The summed E-state index contributed by atoms with van der Waals surface area (Å²) in [5.74, 6) is -0.742. The Balaban J connectivity index is 3.43. The first kappa shape index (κ1) is 12.1. The molecule has 0 heterocycles. The maximum absolute atomic E-state index is 12.8. The van der Waals surface area contributed by atoms with Crippen LogP contribution in [0.2, 0.25) is 0 Å². The van der Waals surface area contributed by atoms with Crippen molar-refractivity contribution in [2.24, 2.45) is 0 Å². The van der Waals surface area contributed by atoms with Gasteiger partial charge in [-0.2, -0.15) is 0 Å². The van der Waals surface area contributed by atoms with Crippen LogP contribution in [-0.4, -0.2) is 32.6 Å². The number of benzene rings is 1. The third-order valence-corrected chi connectivity index (χ3v) is 3.30. The zero-order valence-electron chi connectivity index (χ0n) is 7.81. The van der Waals surface area contributed by atoms with Crippen LogP contribution in [0.25, 0.3) is 0 Å². The Morgan fingerprint density at radius 2 is 2.00 bits per heavy atom. The average molecular weight is 233 g/mol. The zero-order chi connectivity index (χ0) is 11.6. The van der Waals surface area contributed by atoms with Gasteiger partial charge < -0.3 is 10.0 Å². The molecule has 0 spiro atoms. The van der Waals surface area contributed by atoms with Gasteiger partial charge in [0.1, 0.15) is 5.82 Å². The van der Waals surface area contributed by atoms with E-state index in [0.717, 1.165) is 18.2 Å². The molecule has 82 valence electrons. The van der Waals surface area contributed by atoms with Gasteiger partial charge in [-0.15, -0.1) is 0 Å². The summed E-state index contributed by atoms with van der Waals surface area (Å²) in [4.78, 5) is -0.360. The summed E-state index contributed by atoms with van der Waals surface area (Å²) in [7, 11) is -4.70. The van der Waals surface area contributed by atoms with Gasteiger partial charge in [-0.25, -0.2) is 17.5 Å². The fourth-order valence-electron chi connectivity index (χ4n) is 1.08. The molecule has 0 aliphatic rings. The molecule has 1 rings (SSSR count). The van der Waals surface area contributed by atoms with E-state index in [0.29, 0.717) is 0 Å². The van der Waals surface area contributed by atoms with Crippen molar-refractivity contribution in [2.45, 2.75) is 4.90 Å². The highest BCUT2D eigenvalue weighted by atomic mass is 32.2. The van der Waals surface area contributed by atoms with Gasteiger partial charge in [-0.3, -0.25) is 0 Å². The molecule has 8 heteroatoms. The van der Waals surface area contributed by atoms with Gasteiger partial charge in [-0.05, 0) is 25.2 Å². The fraction of sp³-hybridized carbons (Fsp3) is 0.143. The van der Waals surface area contributed by atoms with Crippen LogP contribution in [-0.2, 0) is 10.0 Å². The minimum absolute atomic E-state index is 0.360. The van der Waals surface area contributed by atoms with Crippen LogP contribution in [0.5, 0.6) is 0 Å². The van der Waals surface area contributed by atoms with E-state index in [-0.39, 0.29) is 4.90 Å². The molecule has 0 aliphatic carbocycles. The smallest absolute Gasteiger partial charge is 0.423 e. The van der Waals surface area contributed by atoms with E-state index >= 15 is 0 Å². The third-order valence-electron chi connectivity index (χ3n) is 1.81. The molecular weight excluding hydrogens is 224 g/mol. The quantitative estimate of drug-likeness (QED) is 0.549. The predicted octanol–water partition coefficient (Wildman–Crippen LogP) is -1.59. The number of sulfonamides is 1. The van der Waals surface area contributed by atoms with E-state index in [1.807, 2.05) is 4.72 Å². The first-order valence-corrected chi connectivity index (χ1v) is 5.46. The third kappa shape index (κ3) is 2.54. The van der Waals surface area contributed by atoms with Crippen molar-refractivity contribution >= 4 is 22.6 Å². The minimum atomic E-state index is -3.83. The molecule has 0 saturated carbocycles. The lowest BCUT2D eigenvalue weighted by atomic mass is 9.80. The average Bonchev–Trinajstić information content (AvgIpc) is 2.17. The van der Waals surface area contributed by atoms with E-state index in [2.05, 4.69) is 0 Å². The molecule has 1 aromatic carbocycles. The second kappa shape index (κ2) is 4.27. The molecule has 0 amide bonds. The van der Waals surface area contributed by atoms with Crippen molar-refractivity contribution in [3.63, 3.8) is 0 Å². The lowest BCUT2D eigenvalue weighted by Gasteiger charge is -2.08. The van der Waals surface area contributed by atoms with Crippen molar-refractivity contribution in [2.75, 3.05) is 7.05 Å². The van der Waals surface area contributed by atoms with Crippen LogP contribution in [0.4, 0.5) is 4.39 Å². The highest BCUT2D eigenvalue weighted by Crippen LogP contribution is 2.07. The summed E-state index contributed by atoms with van der Waals surface area (Å²) in [6, 6.07) is 2.65. The molecule has 0 unspecified atom stereocenters. The second-order valence-corrected chi connectivity index (χ2v) is 4.62. The Morgan fingerprint density at radius 3 is 2.47 bits per heavy atom. The van der Waals surface area contributed by atoms with Gasteiger partial charge in [0.25, 0.3) is 0 Å². The normalized spacial score (nSPS) is 11.5. The van der Waals surface area contributed by atoms with E-state index < -0.39 is 28.4 Å². The van der Waals surface area contributed by atoms with Crippen LogP contribution >= 0.6 is 0 Å². The summed E-state index contributed by atoms with van der Waals surface area (Å²) in [5.41, 5.74) is -0.399. The number of halogens is 1. The van der Waals surface area contributed by atoms with E-state index in [1.165, 1.54) is 7.05 Å². The van der Waals surface area contributed by atoms with Crippen LogP contribution in [0.15, 0.2) is 23.1 Å². The Morgan fingerprint density at radius 1 is 1.40 bits per heavy atom. The van der Waals surface area contributed by atoms with Crippen molar-refractivity contribution in [1.82, 2.24) is 4.72 Å². The number of hydrogen-bond donors (Lipinski definition) is 3. The molecular formula is C7H9BFNO4S. The van der Waals surface area contributed by atoms with Crippen molar-refractivity contribution in [1.29, 1.82) is 0 Å². The first-order chi connectivity index (χ1) is 6.88. The molecule has 0 atom stereocenters. The molecule has 0 aliphatic heterocycles. The molecule has 3 N–H and O–H groups in total. The van der Waals surface area contributed by atoms with Crippen LogP contribution < -0.4 is 10.2 Å². The Bertz CT molecular complexity index is 462. The van der Waals surface area contributed by atoms with Gasteiger partial charge in [0.15, 0.2) is 0 Å². The van der Waals surface area contributed by atoms with E-state index in [1.54, 1.807) is 0 Å². The topological polar surface area (TPSA) is 86.6 Å². The maximum Gasteiger partial charge on any atom is 0.489 e. The van der Waals surface area contributed by atoms with Crippen molar-refractivity contribution in [3.05, 3.63) is 24.0 Å². The Hall–Kier alpha value is -0.955. The van der Waals surface area contributed by atoms with Gasteiger partial charge in [0, 0.05) is 5.46 Å². The molecule has 0 fully saturated rings. The highest BCUT2D eigenvalue weighted by Gasteiger charge is 2.24. The first-order valence-electron chi connectivity index (χ1n) is 3.97. The summed E-state index contributed by atoms with van der Waals surface area (Å²) in [6.07, 6.45) is 0. The van der Waals surface area contributed by atoms with Gasteiger partial charge in [0.05, 0.1) is 4.90 Å². The number of hydrogen-bond acceptors (Lipinski definition) is 4. The molecule has 5 nitrogen and oxygen atoms in total. The largest absolute Gasteiger partial charge is 0.489 e. The van der Waals surface area contributed by atoms with Crippen molar-refractivity contribution in [3.8, 4) is 0 Å². The fourth-order valence-corrected chi connectivity index (χ4v) is 2.02. The standard InChI is InChI=1S/C7H9BFNO4S/c1-10-15(13,14)7-3-2-5(9)4-6(7)8(11)12/h2-4,10-12H,1H3. The van der Waals surface area contributed by atoms with Crippen LogP contribution in [0, 0.1) is 5.82 Å². The SMILES string of the molecule is CNS(=O)(=O)c1ccc(F)cc1B(O)O. The highest BCUT2D eigenvalue weighted by molar-refractivity contribution is 7.89. The molecule has 0 saturated heterocycles. The number of rotatable bonds is 3. The zero-order valence-corrected chi connectivity index (χ0v) is 8.62. The van der Waals surface area contributed by atoms with Crippen LogP contribution in [0.3, 0.4) is 0 Å². The lowest BCUT2D eigenvalue weighted by Crippen LogP contribution is -2.37. The summed E-state index contributed by atoms with van der Waals surface area (Å²) in [5, 5.41) is 17.8. The summed E-state index contributed by atoms with van der Waals surface area (Å²) >= 11 is 0. The lowest BCUT2D eigenvalue weighted by molar-refractivity contribution is 0.424. The van der Waals surface area contributed by atoms with Gasteiger partial charge >= 0.3 is 7.12 Å². The summed E-state index contributed by atoms with van der Waals surface area (Å²) in [6.45, 7) is 0. The van der Waals surface area contributed by atoms with E-state index in [9.17, 15) is 12.8 Å². The molecule has 0 bridgehead atoms.